The molecule has 1 aromatic heterocycles. The fourth-order valence-electron chi connectivity index (χ4n) is 0.756. The first-order valence-electron chi connectivity index (χ1n) is 4.99. The molecule has 0 fully saturated rings. The van der Waals surface area contributed by atoms with Gasteiger partial charge in [0.05, 0.1) is 0 Å². The molecule has 74 valence electrons. The second-order valence-corrected chi connectivity index (χ2v) is 4.15. The molecule has 0 unspecified atom stereocenters. The summed E-state index contributed by atoms with van der Waals surface area (Å²) >= 11 is 0. The van der Waals surface area contributed by atoms with E-state index >= 15 is 0 Å². The molecule has 0 saturated heterocycles. The van der Waals surface area contributed by atoms with E-state index in [1.165, 1.54) is 0 Å². The van der Waals surface area contributed by atoms with Gasteiger partial charge < -0.3 is 0 Å². The summed E-state index contributed by atoms with van der Waals surface area (Å²) in [5.74, 6) is 0.833. The summed E-state index contributed by atoms with van der Waals surface area (Å²) in [5, 5.41) is 0. The van der Waals surface area contributed by atoms with Crippen LogP contribution in [0.2, 0.25) is 0 Å². The van der Waals surface area contributed by atoms with Crippen molar-refractivity contribution >= 4 is 0 Å². The first-order chi connectivity index (χ1) is 6.04. The van der Waals surface area contributed by atoms with Crippen molar-refractivity contribution in [2.75, 3.05) is 0 Å². The summed E-state index contributed by atoms with van der Waals surface area (Å²) < 4.78 is 2.17. The Morgan fingerprint density at radius 2 is 1.15 bits per heavy atom. The molecule has 1 nitrogen and oxygen atoms in total. The van der Waals surface area contributed by atoms with Gasteiger partial charge >= 0.3 is 0 Å². The van der Waals surface area contributed by atoms with Crippen LogP contribution in [0.5, 0.6) is 0 Å². The molecule has 0 aromatic carbocycles. The van der Waals surface area contributed by atoms with Crippen molar-refractivity contribution < 1.29 is 4.57 Å². The maximum Gasteiger partial charge on any atom is 0.169 e. The van der Waals surface area contributed by atoms with E-state index in [0.717, 1.165) is 5.92 Å². The van der Waals surface area contributed by atoms with Crippen molar-refractivity contribution in [3.05, 3.63) is 30.6 Å². The Hall–Kier alpha value is -0.850. The zero-order valence-electron chi connectivity index (χ0n) is 9.49. The Morgan fingerprint density at radius 1 is 0.769 bits per heavy atom. The van der Waals surface area contributed by atoms with Crippen LogP contribution in [-0.4, -0.2) is 0 Å². The quantitative estimate of drug-likeness (QED) is 0.584. The smallest absolute Gasteiger partial charge is 0.169 e. The minimum atomic E-state index is 0.575. The normalized spacial score (nSPS) is 9.77. The number of hydrogen-bond acceptors (Lipinski definition) is 0. The van der Waals surface area contributed by atoms with E-state index in [-0.39, 0.29) is 0 Å². The second kappa shape index (κ2) is 6.64. The Balaban J connectivity index is 0.000000310. The highest BCUT2D eigenvalue weighted by Gasteiger charge is 2.00. The van der Waals surface area contributed by atoms with Crippen LogP contribution >= 0.6 is 0 Å². The molecule has 0 atom stereocenters. The molecule has 0 radical (unpaired) electrons. The van der Waals surface area contributed by atoms with Gasteiger partial charge in [0.2, 0.25) is 0 Å². The molecule has 0 aliphatic rings. The van der Waals surface area contributed by atoms with Gasteiger partial charge in [0.25, 0.3) is 0 Å². The third kappa shape index (κ3) is 7.51. The van der Waals surface area contributed by atoms with Crippen molar-refractivity contribution in [1.29, 1.82) is 0 Å². The van der Waals surface area contributed by atoms with Crippen LogP contribution in [0.25, 0.3) is 0 Å². The molecule has 0 aliphatic carbocycles. The van der Waals surface area contributed by atoms with Gasteiger partial charge in [0, 0.05) is 12.1 Å². The van der Waals surface area contributed by atoms with Gasteiger partial charge in [0.15, 0.2) is 18.4 Å². The van der Waals surface area contributed by atoms with E-state index in [2.05, 4.69) is 51.6 Å². The van der Waals surface area contributed by atoms with E-state index in [1.54, 1.807) is 0 Å². The highest BCUT2D eigenvalue weighted by Crippen LogP contribution is 1.88. The molecule has 0 bridgehead atoms. The Morgan fingerprint density at radius 3 is 1.38 bits per heavy atom. The van der Waals surface area contributed by atoms with E-state index < -0.39 is 0 Å². The second-order valence-electron chi connectivity index (χ2n) is 4.15. The number of rotatable bonds is 1. The van der Waals surface area contributed by atoms with Gasteiger partial charge in [-0.1, -0.05) is 26.8 Å². The fourth-order valence-corrected chi connectivity index (χ4v) is 0.756. The Labute approximate surface area is 82.4 Å². The number of pyridine rings is 1. The monoisotopic (exact) mass is 180 g/mol. The topological polar surface area (TPSA) is 3.88 Å². The van der Waals surface area contributed by atoms with Crippen molar-refractivity contribution in [3.63, 3.8) is 0 Å². The van der Waals surface area contributed by atoms with E-state index in [4.69, 9.17) is 0 Å². The maximum absolute atomic E-state index is 2.17. The first kappa shape index (κ1) is 12.2. The van der Waals surface area contributed by atoms with Crippen LogP contribution in [-0.2, 0) is 0 Å². The lowest BCUT2D eigenvalue weighted by Crippen LogP contribution is -2.34. The highest BCUT2D eigenvalue weighted by molar-refractivity contribution is 4.83. The summed E-state index contributed by atoms with van der Waals surface area (Å²) in [6.07, 6.45) is 4.15. The summed E-state index contributed by atoms with van der Waals surface area (Å²) in [5.41, 5.74) is 0. The third-order valence-corrected chi connectivity index (χ3v) is 1.33. The number of nitrogens with zero attached hydrogens (tertiary/aromatic N) is 1. The molecule has 1 heterocycles. The minimum Gasteiger partial charge on any atom is -0.203 e. The van der Waals surface area contributed by atoms with E-state index in [9.17, 15) is 0 Å². The molecule has 0 aliphatic heterocycles. The van der Waals surface area contributed by atoms with E-state index in [1.807, 2.05) is 18.2 Å². The zero-order valence-corrected chi connectivity index (χ0v) is 9.49. The van der Waals surface area contributed by atoms with Gasteiger partial charge in [-0.3, -0.25) is 0 Å². The van der Waals surface area contributed by atoms with Crippen molar-refractivity contribution in [2.24, 2.45) is 5.92 Å². The lowest BCUT2D eigenvalue weighted by atomic mass is 10.3. The van der Waals surface area contributed by atoms with Crippen LogP contribution in [0, 0.1) is 5.92 Å². The largest absolute Gasteiger partial charge is 0.203 e. The molecule has 13 heavy (non-hydrogen) atoms. The summed E-state index contributed by atoms with van der Waals surface area (Å²) in [4.78, 5) is 0. The van der Waals surface area contributed by atoms with Crippen LogP contribution in [0.1, 0.15) is 40.7 Å². The lowest BCUT2D eigenvalue weighted by molar-refractivity contribution is -0.716. The van der Waals surface area contributed by atoms with Crippen LogP contribution in [0.4, 0.5) is 0 Å². The summed E-state index contributed by atoms with van der Waals surface area (Å²) in [7, 11) is 0. The lowest BCUT2D eigenvalue weighted by Gasteiger charge is -1.96. The third-order valence-electron chi connectivity index (χ3n) is 1.33. The standard InChI is InChI=1S/C8H12N.C4H10/c1-8(2)9-6-4-3-5-7-9;1-4(2)3/h3-8H,1-2H3;4H,1-3H3/q+1;. The highest BCUT2D eigenvalue weighted by atomic mass is 15.0. The van der Waals surface area contributed by atoms with Crippen molar-refractivity contribution in [1.82, 2.24) is 0 Å². The van der Waals surface area contributed by atoms with Crippen LogP contribution in [0.15, 0.2) is 30.6 Å². The van der Waals surface area contributed by atoms with Gasteiger partial charge in [0.1, 0.15) is 0 Å². The SMILES string of the molecule is CC(C)C.CC(C)[n+]1ccccc1. The zero-order chi connectivity index (χ0) is 10.3. The van der Waals surface area contributed by atoms with Gasteiger partial charge in [-0.15, -0.1) is 0 Å². The Kier molecular flexibility index (Phi) is 6.21. The first-order valence-corrected chi connectivity index (χ1v) is 4.99. The molecular formula is C12H22N+. The summed E-state index contributed by atoms with van der Waals surface area (Å²) in [6, 6.07) is 6.69. The molecule has 0 spiro atoms. The average Bonchev–Trinajstić information content (AvgIpc) is 2.05. The molecule has 0 N–H and O–H groups in total. The van der Waals surface area contributed by atoms with Crippen LogP contribution < -0.4 is 4.57 Å². The molecule has 0 saturated carbocycles. The number of aromatic nitrogens is 1. The van der Waals surface area contributed by atoms with Crippen LogP contribution in [0.3, 0.4) is 0 Å². The number of hydrogen-bond donors (Lipinski definition) is 0. The molecule has 0 amide bonds. The van der Waals surface area contributed by atoms with Crippen molar-refractivity contribution in [3.8, 4) is 0 Å². The maximum atomic E-state index is 2.17. The molecule has 1 rings (SSSR count). The van der Waals surface area contributed by atoms with Crippen molar-refractivity contribution in [2.45, 2.75) is 40.7 Å². The summed E-state index contributed by atoms with van der Waals surface area (Å²) in [6.45, 7) is 10.8. The average molecular weight is 180 g/mol. The molecule has 1 aromatic rings. The predicted molar refractivity (Wildman–Crippen MR) is 57.5 cm³/mol. The fraction of sp³-hybridized carbons (Fsp3) is 0.583. The van der Waals surface area contributed by atoms with Gasteiger partial charge in [-0.25, -0.2) is 4.57 Å². The van der Waals surface area contributed by atoms with Gasteiger partial charge in [-0.05, 0) is 19.8 Å². The van der Waals surface area contributed by atoms with E-state index in [0.29, 0.717) is 6.04 Å². The van der Waals surface area contributed by atoms with Gasteiger partial charge in [-0.2, -0.15) is 0 Å². The minimum absolute atomic E-state index is 0.575. The predicted octanol–water partition coefficient (Wildman–Crippen LogP) is 3.22. The molecule has 1 heteroatoms. The molecular weight excluding hydrogens is 158 g/mol. The Bertz CT molecular complexity index is 199.